The van der Waals surface area contributed by atoms with Crippen LogP contribution in [0.25, 0.3) is 0 Å². The average Bonchev–Trinajstić information content (AvgIpc) is 1.80. The van der Waals surface area contributed by atoms with E-state index < -0.39 is 0 Å². The Kier molecular flexibility index (Phi) is 6.58. The molecule has 56 valence electrons. The Morgan fingerprint density at radius 1 is 1.44 bits per heavy atom. The predicted molar refractivity (Wildman–Crippen MR) is 40.7 cm³/mol. The summed E-state index contributed by atoms with van der Waals surface area (Å²) in [6.45, 7) is 2.02. The van der Waals surface area contributed by atoms with Gasteiger partial charge < -0.3 is 10.2 Å². The van der Waals surface area contributed by atoms with Gasteiger partial charge >= 0.3 is 0 Å². The van der Waals surface area contributed by atoms with Crippen molar-refractivity contribution in [2.24, 2.45) is 0 Å². The number of thioether (sulfide) groups is 1. The Labute approximate surface area is 60.3 Å². The number of hydrogen-bond acceptors (Lipinski definition) is 3. The molecule has 0 heterocycles. The highest BCUT2D eigenvalue weighted by atomic mass is 32.2. The zero-order valence-electron chi connectivity index (χ0n) is 5.71. The topological polar surface area (TPSA) is 40.5 Å². The zero-order chi connectivity index (χ0) is 7.11. The molecule has 0 aromatic carbocycles. The molecule has 0 saturated heterocycles. The predicted octanol–water partition coefficient (Wildman–Crippen LogP) is 0.483. The van der Waals surface area contributed by atoms with Crippen LogP contribution in [-0.2, 0) is 0 Å². The molecule has 1 unspecified atom stereocenters. The lowest BCUT2D eigenvalue weighted by molar-refractivity contribution is 0.192. The van der Waals surface area contributed by atoms with E-state index in [0.717, 1.165) is 17.9 Å². The lowest BCUT2D eigenvalue weighted by Crippen LogP contribution is -2.01. The quantitative estimate of drug-likeness (QED) is 0.560. The lowest BCUT2D eigenvalue weighted by Gasteiger charge is -2.01. The van der Waals surface area contributed by atoms with Crippen molar-refractivity contribution in [1.82, 2.24) is 0 Å². The number of hydrogen-bond donors (Lipinski definition) is 2. The maximum atomic E-state index is 8.78. The van der Waals surface area contributed by atoms with Gasteiger partial charge in [-0.2, -0.15) is 11.8 Å². The van der Waals surface area contributed by atoms with Gasteiger partial charge in [-0.1, -0.05) is 0 Å². The van der Waals surface area contributed by atoms with E-state index in [0.29, 0.717) is 0 Å². The second-order valence-electron chi connectivity index (χ2n) is 1.97. The molecule has 0 aromatic rings. The van der Waals surface area contributed by atoms with Gasteiger partial charge in [0.1, 0.15) is 0 Å². The van der Waals surface area contributed by atoms with Gasteiger partial charge in [0.15, 0.2) is 0 Å². The Bertz CT molecular complexity index is 57.0. The van der Waals surface area contributed by atoms with Crippen molar-refractivity contribution in [3.8, 4) is 0 Å². The summed E-state index contributed by atoms with van der Waals surface area (Å²) < 4.78 is 0. The monoisotopic (exact) mass is 150 g/mol. The molecular formula is C6H14O2S. The first-order valence-electron chi connectivity index (χ1n) is 3.14. The number of aliphatic hydroxyl groups is 2. The Balaban J connectivity index is 2.75. The van der Waals surface area contributed by atoms with Crippen LogP contribution in [0.5, 0.6) is 0 Å². The Morgan fingerprint density at radius 2 is 2.11 bits per heavy atom. The molecular weight excluding hydrogens is 136 g/mol. The van der Waals surface area contributed by atoms with Gasteiger partial charge in [0, 0.05) is 5.75 Å². The number of rotatable bonds is 5. The fraction of sp³-hybridized carbons (Fsp3) is 1.00. The summed E-state index contributed by atoms with van der Waals surface area (Å²) in [4.78, 5) is 0. The largest absolute Gasteiger partial charge is 0.396 e. The van der Waals surface area contributed by atoms with Crippen molar-refractivity contribution < 1.29 is 10.2 Å². The van der Waals surface area contributed by atoms with Gasteiger partial charge in [-0.3, -0.25) is 0 Å². The lowest BCUT2D eigenvalue weighted by atomic mass is 10.3. The van der Waals surface area contributed by atoms with E-state index in [2.05, 4.69) is 0 Å². The van der Waals surface area contributed by atoms with E-state index in [-0.39, 0.29) is 12.7 Å². The molecule has 0 bridgehead atoms. The minimum atomic E-state index is -0.198. The van der Waals surface area contributed by atoms with Crippen LogP contribution < -0.4 is 0 Å². The van der Waals surface area contributed by atoms with Gasteiger partial charge in [-0.15, -0.1) is 0 Å². The standard InChI is InChI=1S/C6H14O2S/c1-6(8)2-4-9-5-3-7/h6-8H,2-5H2,1H3. The highest BCUT2D eigenvalue weighted by Crippen LogP contribution is 2.02. The summed E-state index contributed by atoms with van der Waals surface area (Å²) >= 11 is 1.67. The normalized spacial score (nSPS) is 13.7. The van der Waals surface area contributed by atoms with Gasteiger partial charge in [-0.25, -0.2) is 0 Å². The molecule has 2 nitrogen and oxygen atoms in total. The van der Waals surface area contributed by atoms with Crippen molar-refractivity contribution in [1.29, 1.82) is 0 Å². The summed E-state index contributed by atoms with van der Waals surface area (Å²) in [5, 5.41) is 17.1. The van der Waals surface area contributed by atoms with E-state index in [1.165, 1.54) is 0 Å². The van der Waals surface area contributed by atoms with E-state index in [1.54, 1.807) is 18.7 Å². The molecule has 3 heteroatoms. The third kappa shape index (κ3) is 8.27. The molecule has 9 heavy (non-hydrogen) atoms. The van der Waals surface area contributed by atoms with Crippen molar-refractivity contribution >= 4 is 11.8 Å². The van der Waals surface area contributed by atoms with Crippen molar-refractivity contribution in [3.63, 3.8) is 0 Å². The van der Waals surface area contributed by atoms with Crippen LogP contribution in [0.2, 0.25) is 0 Å². The van der Waals surface area contributed by atoms with Gasteiger partial charge in [-0.05, 0) is 19.1 Å². The summed E-state index contributed by atoms with van der Waals surface area (Å²) in [6, 6.07) is 0. The molecule has 0 aliphatic carbocycles. The van der Waals surface area contributed by atoms with Gasteiger partial charge in [0.25, 0.3) is 0 Å². The summed E-state index contributed by atoms with van der Waals surface area (Å²) in [5.74, 6) is 1.73. The minimum absolute atomic E-state index is 0.198. The third-order valence-corrected chi connectivity index (χ3v) is 1.91. The van der Waals surface area contributed by atoms with Crippen molar-refractivity contribution in [3.05, 3.63) is 0 Å². The van der Waals surface area contributed by atoms with E-state index in [4.69, 9.17) is 10.2 Å². The fourth-order valence-electron chi connectivity index (χ4n) is 0.421. The molecule has 0 aliphatic heterocycles. The zero-order valence-corrected chi connectivity index (χ0v) is 6.52. The first-order valence-corrected chi connectivity index (χ1v) is 4.29. The summed E-state index contributed by atoms with van der Waals surface area (Å²) in [5.41, 5.74) is 0. The van der Waals surface area contributed by atoms with E-state index in [9.17, 15) is 0 Å². The molecule has 0 aliphatic rings. The van der Waals surface area contributed by atoms with Crippen LogP contribution in [0, 0.1) is 0 Å². The first kappa shape index (κ1) is 9.27. The van der Waals surface area contributed by atoms with Crippen LogP contribution in [0.4, 0.5) is 0 Å². The summed E-state index contributed by atoms with van der Waals surface area (Å²) in [6.07, 6.45) is 0.626. The van der Waals surface area contributed by atoms with Crippen molar-refractivity contribution in [2.45, 2.75) is 19.4 Å². The maximum absolute atomic E-state index is 8.78. The molecule has 0 radical (unpaired) electrons. The average molecular weight is 150 g/mol. The fourth-order valence-corrected chi connectivity index (χ4v) is 1.26. The summed E-state index contributed by atoms with van der Waals surface area (Å²) in [7, 11) is 0. The van der Waals surface area contributed by atoms with Gasteiger partial charge in [0.05, 0.1) is 12.7 Å². The Morgan fingerprint density at radius 3 is 2.56 bits per heavy atom. The van der Waals surface area contributed by atoms with Crippen molar-refractivity contribution in [2.75, 3.05) is 18.1 Å². The van der Waals surface area contributed by atoms with Crippen LogP contribution in [0.15, 0.2) is 0 Å². The first-order chi connectivity index (χ1) is 4.27. The second-order valence-corrected chi connectivity index (χ2v) is 3.20. The highest BCUT2D eigenvalue weighted by molar-refractivity contribution is 7.99. The van der Waals surface area contributed by atoms with E-state index in [1.807, 2.05) is 0 Å². The third-order valence-electron chi connectivity index (χ3n) is 0.916. The van der Waals surface area contributed by atoms with Gasteiger partial charge in [0.2, 0.25) is 0 Å². The number of aliphatic hydroxyl groups excluding tert-OH is 2. The second kappa shape index (κ2) is 6.39. The maximum Gasteiger partial charge on any atom is 0.0521 e. The van der Waals surface area contributed by atoms with Crippen LogP contribution in [-0.4, -0.2) is 34.4 Å². The van der Waals surface area contributed by atoms with Crippen LogP contribution in [0.3, 0.4) is 0 Å². The highest BCUT2D eigenvalue weighted by Gasteiger charge is 1.93. The molecule has 0 spiro atoms. The SMILES string of the molecule is CC(O)CCSCCO. The molecule has 0 aromatic heterocycles. The molecule has 0 saturated carbocycles. The molecule has 1 atom stereocenters. The molecule has 2 N–H and O–H groups in total. The van der Waals surface area contributed by atoms with Crippen LogP contribution >= 0.6 is 11.8 Å². The smallest absolute Gasteiger partial charge is 0.0521 e. The van der Waals surface area contributed by atoms with Crippen LogP contribution in [0.1, 0.15) is 13.3 Å². The minimum Gasteiger partial charge on any atom is -0.396 e. The van der Waals surface area contributed by atoms with E-state index >= 15 is 0 Å². The molecule has 0 amide bonds. The molecule has 0 fully saturated rings. The Hall–Kier alpha value is 0.270. The molecule has 0 rings (SSSR count).